The second-order valence-corrected chi connectivity index (χ2v) is 5.38. The molecule has 2 unspecified atom stereocenters. The van der Waals surface area contributed by atoms with Gasteiger partial charge in [-0.2, -0.15) is 5.10 Å². The molecule has 0 fully saturated rings. The predicted molar refractivity (Wildman–Crippen MR) is 83.8 cm³/mol. The average Bonchev–Trinajstić information content (AvgIpc) is 2.81. The van der Waals surface area contributed by atoms with E-state index in [1.807, 2.05) is 24.1 Å². The lowest BCUT2D eigenvalue weighted by molar-refractivity contribution is 0.537. The highest BCUT2D eigenvalue weighted by Crippen LogP contribution is 2.29. The number of nitrogens with zero attached hydrogens (tertiary/aromatic N) is 3. The van der Waals surface area contributed by atoms with Crippen LogP contribution in [0.2, 0.25) is 0 Å². The van der Waals surface area contributed by atoms with Crippen molar-refractivity contribution in [1.82, 2.24) is 9.78 Å². The maximum atomic E-state index is 6.25. The number of likely N-dealkylation sites (N-methyl/N-ethyl adjacent to an activating group) is 1. The van der Waals surface area contributed by atoms with E-state index in [0.29, 0.717) is 0 Å². The van der Waals surface area contributed by atoms with Crippen LogP contribution in [-0.2, 0) is 7.05 Å². The van der Waals surface area contributed by atoms with Gasteiger partial charge in [0.15, 0.2) is 0 Å². The summed E-state index contributed by atoms with van der Waals surface area (Å²) >= 11 is 0. The average molecular weight is 272 g/mol. The van der Waals surface area contributed by atoms with Crippen molar-refractivity contribution in [2.75, 3.05) is 11.4 Å². The molecule has 2 N–H and O–H groups in total. The van der Waals surface area contributed by atoms with Crippen molar-refractivity contribution in [1.29, 1.82) is 0 Å². The molecule has 0 saturated heterocycles. The van der Waals surface area contributed by atoms with Crippen LogP contribution in [-0.4, -0.2) is 22.4 Å². The molecule has 0 amide bonds. The summed E-state index contributed by atoms with van der Waals surface area (Å²) in [5.74, 6) is 0. The second kappa shape index (κ2) is 6.09. The van der Waals surface area contributed by atoms with Gasteiger partial charge in [-0.05, 0) is 38.5 Å². The van der Waals surface area contributed by atoms with Crippen molar-refractivity contribution in [3.8, 4) is 0 Å². The summed E-state index contributed by atoms with van der Waals surface area (Å²) < 4.78 is 1.83. The van der Waals surface area contributed by atoms with Crippen LogP contribution in [0.15, 0.2) is 36.7 Å². The molecule has 2 rings (SSSR count). The van der Waals surface area contributed by atoms with Crippen molar-refractivity contribution in [3.63, 3.8) is 0 Å². The van der Waals surface area contributed by atoms with E-state index in [1.165, 1.54) is 11.3 Å². The normalized spacial score (nSPS) is 14.1. The van der Waals surface area contributed by atoms with Crippen LogP contribution in [0.3, 0.4) is 0 Å². The summed E-state index contributed by atoms with van der Waals surface area (Å²) in [7, 11) is 1.94. The van der Waals surface area contributed by atoms with E-state index >= 15 is 0 Å². The summed E-state index contributed by atoms with van der Waals surface area (Å²) in [5.41, 5.74) is 9.88. The largest absolute Gasteiger partial charge is 0.363 e. The molecule has 0 radical (unpaired) electrons. The summed E-state index contributed by atoms with van der Waals surface area (Å²) in [6, 6.07) is 8.71. The molecule has 4 heteroatoms. The van der Waals surface area contributed by atoms with Crippen molar-refractivity contribution >= 4 is 5.69 Å². The number of anilines is 1. The fraction of sp³-hybridized carbons (Fsp3) is 0.438. The number of benzene rings is 1. The Hall–Kier alpha value is -1.81. The number of rotatable bonds is 5. The zero-order valence-corrected chi connectivity index (χ0v) is 12.7. The Morgan fingerprint density at radius 3 is 2.65 bits per heavy atom. The number of hydrogen-bond donors (Lipinski definition) is 1. The predicted octanol–water partition coefficient (Wildman–Crippen LogP) is 2.64. The minimum Gasteiger partial charge on any atom is -0.363 e. The number of aromatic nitrogens is 2. The van der Waals surface area contributed by atoms with Gasteiger partial charge in [-0.25, -0.2) is 0 Å². The second-order valence-electron chi connectivity index (χ2n) is 5.38. The van der Waals surface area contributed by atoms with Crippen LogP contribution < -0.4 is 10.6 Å². The van der Waals surface area contributed by atoms with E-state index in [1.54, 1.807) is 0 Å². The van der Waals surface area contributed by atoms with Gasteiger partial charge in [-0.3, -0.25) is 4.68 Å². The number of nitrogens with two attached hydrogens (primary N) is 1. The van der Waals surface area contributed by atoms with E-state index < -0.39 is 0 Å². The fourth-order valence-electron chi connectivity index (χ4n) is 2.71. The van der Waals surface area contributed by atoms with Crippen LogP contribution in [0.25, 0.3) is 0 Å². The van der Waals surface area contributed by atoms with Gasteiger partial charge in [0.1, 0.15) is 0 Å². The molecule has 0 saturated carbocycles. The molecule has 4 nitrogen and oxygen atoms in total. The molecule has 1 aromatic carbocycles. The van der Waals surface area contributed by atoms with Crippen molar-refractivity contribution in [3.05, 3.63) is 47.8 Å². The summed E-state index contributed by atoms with van der Waals surface area (Å²) in [6.45, 7) is 7.23. The minimum absolute atomic E-state index is 0.0275. The lowest BCUT2D eigenvalue weighted by Crippen LogP contribution is -2.39. The molecule has 2 atom stereocenters. The van der Waals surface area contributed by atoms with E-state index in [9.17, 15) is 0 Å². The molecule has 0 aliphatic heterocycles. The summed E-state index contributed by atoms with van der Waals surface area (Å²) in [5, 5.41) is 4.28. The van der Waals surface area contributed by atoms with Gasteiger partial charge in [-0.15, -0.1) is 0 Å². The number of hydrogen-bond acceptors (Lipinski definition) is 3. The lowest BCUT2D eigenvalue weighted by Gasteiger charge is -2.35. The first-order chi connectivity index (χ1) is 9.52. The molecule has 1 heterocycles. The highest BCUT2D eigenvalue weighted by molar-refractivity contribution is 5.50. The first kappa shape index (κ1) is 14.6. The third kappa shape index (κ3) is 3.02. The van der Waals surface area contributed by atoms with E-state index in [0.717, 1.165) is 12.1 Å². The topological polar surface area (TPSA) is 47.1 Å². The SMILES string of the molecule is CCN(c1cccc(C)c1)C(c1cnn(C)c1)C(C)N. The molecule has 1 aromatic heterocycles. The first-order valence-corrected chi connectivity index (χ1v) is 7.10. The molecule has 0 bridgehead atoms. The summed E-state index contributed by atoms with van der Waals surface area (Å²) in [4.78, 5) is 2.34. The Labute approximate surface area is 121 Å². The number of aryl methyl sites for hydroxylation is 2. The van der Waals surface area contributed by atoms with E-state index in [-0.39, 0.29) is 12.1 Å². The minimum atomic E-state index is 0.0275. The Bertz CT molecular complexity index is 559. The molecular formula is C16H24N4. The summed E-state index contributed by atoms with van der Waals surface area (Å²) in [6.07, 6.45) is 3.96. The van der Waals surface area contributed by atoms with Gasteiger partial charge < -0.3 is 10.6 Å². The van der Waals surface area contributed by atoms with Gasteiger partial charge in [0.25, 0.3) is 0 Å². The monoisotopic (exact) mass is 272 g/mol. The van der Waals surface area contributed by atoms with Crippen molar-refractivity contribution in [2.45, 2.75) is 32.9 Å². The van der Waals surface area contributed by atoms with Gasteiger partial charge in [0.2, 0.25) is 0 Å². The van der Waals surface area contributed by atoms with Crippen LogP contribution in [0.1, 0.15) is 31.0 Å². The molecule has 20 heavy (non-hydrogen) atoms. The van der Waals surface area contributed by atoms with E-state index in [2.05, 4.69) is 55.0 Å². The molecule has 2 aromatic rings. The van der Waals surface area contributed by atoms with Crippen LogP contribution in [0, 0.1) is 6.92 Å². The van der Waals surface area contributed by atoms with Crippen LogP contribution in [0.4, 0.5) is 5.69 Å². The Morgan fingerprint density at radius 2 is 2.15 bits per heavy atom. The molecule has 108 valence electrons. The van der Waals surface area contributed by atoms with Crippen molar-refractivity contribution in [2.24, 2.45) is 12.8 Å². The third-order valence-corrected chi connectivity index (χ3v) is 3.57. The standard InChI is InChI=1S/C16H24N4/c1-5-20(15-8-6-7-12(2)9-15)16(13(3)17)14-10-18-19(4)11-14/h6-11,13,16H,5,17H2,1-4H3. The zero-order chi connectivity index (χ0) is 14.7. The highest BCUT2D eigenvalue weighted by atomic mass is 15.3. The Kier molecular flexibility index (Phi) is 4.45. The van der Waals surface area contributed by atoms with Gasteiger partial charge in [0, 0.05) is 37.1 Å². The van der Waals surface area contributed by atoms with Gasteiger partial charge >= 0.3 is 0 Å². The van der Waals surface area contributed by atoms with Crippen molar-refractivity contribution < 1.29 is 0 Å². The lowest BCUT2D eigenvalue weighted by atomic mass is 10.0. The quantitative estimate of drug-likeness (QED) is 0.910. The smallest absolute Gasteiger partial charge is 0.0721 e. The highest BCUT2D eigenvalue weighted by Gasteiger charge is 2.24. The van der Waals surface area contributed by atoms with Crippen LogP contribution in [0.5, 0.6) is 0 Å². The van der Waals surface area contributed by atoms with Gasteiger partial charge in [0.05, 0.1) is 12.2 Å². The maximum Gasteiger partial charge on any atom is 0.0721 e. The molecular weight excluding hydrogens is 248 g/mol. The molecule has 0 aliphatic rings. The Morgan fingerprint density at radius 1 is 1.40 bits per heavy atom. The molecule has 0 aliphatic carbocycles. The third-order valence-electron chi connectivity index (χ3n) is 3.57. The Balaban J connectivity index is 2.40. The van der Waals surface area contributed by atoms with Crippen LogP contribution >= 0.6 is 0 Å². The first-order valence-electron chi connectivity index (χ1n) is 7.10. The fourth-order valence-corrected chi connectivity index (χ4v) is 2.71. The maximum absolute atomic E-state index is 6.25. The zero-order valence-electron chi connectivity index (χ0n) is 12.7. The van der Waals surface area contributed by atoms with Gasteiger partial charge in [-0.1, -0.05) is 12.1 Å². The molecule has 0 spiro atoms. The van der Waals surface area contributed by atoms with E-state index in [4.69, 9.17) is 5.73 Å².